The van der Waals surface area contributed by atoms with Crippen molar-refractivity contribution < 1.29 is 4.79 Å². The highest BCUT2D eigenvalue weighted by molar-refractivity contribution is 7.08. The third-order valence-corrected chi connectivity index (χ3v) is 5.53. The van der Waals surface area contributed by atoms with Crippen LogP contribution < -0.4 is 5.32 Å². The summed E-state index contributed by atoms with van der Waals surface area (Å²) in [5, 5.41) is 9.84. The molecular weight excluding hydrogens is 302 g/mol. The summed E-state index contributed by atoms with van der Waals surface area (Å²) >= 11 is 1.73. The van der Waals surface area contributed by atoms with E-state index >= 15 is 0 Å². The van der Waals surface area contributed by atoms with Crippen LogP contribution in [0, 0.1) is 0 Å². The Labute approximate surface area is 140 Å². The number of rotatable bonds is 5. The average Bonchev–Trinajstić information content (AvgIpc) is 3.16. The van der Waals surface area contributed by atoms with Crippen molar-refractivity contribution >= 4 is 28.0 Å². The lowest BCUT2D eigenvalue weighted by molar-refractivity contribution is -0.120. The number of benzene rings is 2. The predicted molar refractivity (Wildman–Crippen MR) is 95.9 cm³/mol. The topological polar surface area (TPSA) is 29.1 Å². The third-order valence-electron chi connectivity index (χ3n) is 4.84. The van der Waals surface area contributed by atoms with Crippen LogP contribution in [0.5, 0.6) is 0 Å². The average molecular weight is 321 g/mol. The molecule has 0 radical (unpaired) electrons. The van der Waals surface area contributed by atoms with Crippen LogP contribution in [0.3, 0.4) is 0 Å². The summed E-state index contributed by atoms with van der Waals surface area (Å²) in [4.78, 5) is 12.4. The number of thiophene rings is 1. The molecule has 0 bridgehead atoms. The Morgan fingerprint density at radius 3 is 2.70 bits per heavy atom. The highest BCUT2D eigenvalue weighted by Gasteiger charge is 2.44. The van der Waals surface area contributed by atoms with Gasteiger partial charge in [0.2, 0.25) is 5.91 Å². The SMILES string of the molecule is O=C(Cc1cccc2ccccc12)NCC1(c2ccsc2)CC1. The molecule has 1 aliphatic carbocycles. The van der Waals surface area contributed by atoms with Gasteiger partial charge in [0, 0.05) is 12.0 Å². The van der Waals surface area contributed by atoms with Crippen LogP contribution in [0.4, 0.5) is 0 Å². The van der Waals surface area contributed by atoms with E-state index in [4.69, 9.17) is 0 Å². The van der Waals surface area contributed by atoms with E-state index in [0.717, 1.165) is 12.1 Å². The fourth-order valence-corrected chi connectivity index (χ4v) is 4.01. The van der Waals surface area contributed by atoms with Crippen molar-refractivity contribution in [1.82, 2.24) is 5.32 Å². The molecule has 4 rings (SSSR count). The first kappa shape index (κ1) is 14.5. The molecule has 1 fully saturated rings. The number of nitrogens with one attached hydrogen (secondary N) is 1. The fraction of sp³-hybridized carbons (Fsp3) is 0.250. The largest absolute Gasteiger partial charge is 0.355 e. The molecule has 1 amide bonds. The van der Waals surface area contributed by atoms with E-state index in [2.05, 4.69) is 40.3 Å². The van der Waals surface area contributed by atoms with Gasteiger partial charge >= 0.3 is 0 Å². The first-order chi connectivity index (χ1) is 11.3. The minimum Gasteiger partial charge on any atom is -0.355 e. The first-order valence-electron chi connectivity index (χ1n) is 8.03. The molecule has 0 spiro atoms. The van der Waals surface area contributed by atoms with Crippen LogP contribution >= 0.6 is 11.3 Å². The zero-order valence-corrected chi connectivity index (χ0v) is 13.7. The van der Waals surface area contributed by atoms with E-state index in [0.29, 0.717) is 6.42 Å². The quantitative estimate of drug-likeness (QED) is 0.746. The summed E-state index contributed by atoms with van der Waals surface area (Å²) in [6.45, 7) is 0.757. The Balaban J connectivity index is 1.44. The number of amides is 1. The maximum absolute atomic E-state index is 12.4. The molecule has 2 aromatic carbocycles. The van der Waals surface area contributed by atoms with Crippen LogP contribution in [-0.2, 0) is 16.6 Å². The number of fused-ring (bicyclic) bond motifs is 1. The Bertz CT molecular complexity index is 828. The number of carbonyl (C=O) groups excluding carboxylic acids is 1. The van der Waals surface area contributed by atoms with Crippen molar-refractivity contribution in [2.75, 3.05) is 6.54 Å². The van der Waals surface area contributed by atoms with Crippen LogP contribution in [0.25, 0.3) is 10.8 Å². The Morgan fingerprint density at radius 1 is 1.09 bits per heavy atom. The molecule has 3 heteroatoms. The summed E-state index contributed by atoms with van der Waals surface area (Å²) in [6, 6.07) is 16.6. The molecule has 1 aromatic heterocycles. The normalized spacial score (nSPS) is 15.5. The number of hydrogen-bond donors (Lipinski definition) is 1. The van der Waals surface area contributed by atoms with Gasteiger partial charge < -0.3 is 5.32 Å². The second kappa shape index (κ2) is 5.82. The summed E-state index contributed by atoms with van der Waals surface area (Å²) in [7, 11) is 0. The highest BCUT2D eigenvalue weighted by Crippen LogP contribution is 2.48. The second-order valence-electron chi connectivity index (χ2n) is 6.38. The van der Waals surface area contributed by atoms with Crippen LogP contribution in [0.1, 0.15) is 24.0 Å². The zero-order chi connectivity index (χ0) is 15.7. The number of hydrogen-bond acceptors (Lipinski definition) is 2. The molecule has 0 aliphatic heterocycles. The first-order valence-corrected chi connectivity index (χ1v) is 8.97. The minimum absolute atomic E-state index is 0.114. The van der Waals surface area contributed by atoms with Crippen molar-refractivity contribution in [3.8, 4) is 0 Å². The van der Waals surface area contributed by atoms with Gasteiger partial charge in [-0.1, -0.05) is 42.5 Å². The lowest BCUT2D eigenvalue weighted by Crippen LogP contribution is -2.33. The van der Waals surface area contributed by atoms with Crippen molar-refractivity contribution in [1.29, 1.82) is 0 Å². The van der Waals surface area contributed by atoms with Crippen molar-refractivity contribution in [2.45, 2.75) is 24.7 Å². The van der Waals surface area contributed by atoms with E-state index in [1.807, 2.05) is 24.3 Å². The lowest BCUT2D eigenvalue weighted by Gasteiger charge is -2.15. The van der Waals surface area contributed by atoms with E-state index in [9.17, 15) is 4.79 Å². The maximum atomic E-state index is 12.4. The highest BCUT2D eigenvalue weighted by atomic mass is 32.1. The summed E-state index contributed by atoms with van der Waals surface area (Å²) < 4.78 is 0. The van der Waals surface area contributed by atoms with Crippen molar-refractivity contribution in [3.63, 3.8) is 0 Å². The fourth-order valence-electron chi connectivity index (χ4n) is 3.23. The monoisotopic (exact) mass is 321 g/mol. The van der Waals surface area contributed by atoms with Gasteiger partial charge in [-0.15, -0.1) is 0 Å². The molecule has 1 N–H and O–H groups in total. The Hall–Kier alpha value is -2.13. The molecule has 2 nitrogen and oxygen atoms in total. The predicted octanol–water partition coefficient (Wildman–Crippen LogP) is 4.29. The Morgan fingerprint density at radius 2 is 1.91 bits per heavy atom. The van der Waals surface area contributed by atoms with Crippen LogP contribution in [0.2, 0.25) is 0 Å². The van der Waals surface area contributed by atoms with E-state index in [-0.39, 0.29) is 11.3 Å². The third kappa shape index (κ3) is 2.89. The zero-order valence-electron chi connectivity index (χ0n) is 12.9. The molecular formula is C20H19NOS. The van der Waals surface area contributed by atoms with Gasteiger partial charge in [-0.25, -0.2) is 0 Å². The van der Waals surface area contributed by atoms with Gasteiger partial charge in [-0.3, -0.25) is 4.79 Å². The van der Waals surface area contributed by atoms with Gasteiger partial charge in [0.15, 0.2) is 0 Å². The van der Waals surface area contributed by atoms with Gasteiger partial charge in [-0.05, 0) is 51.6 Å². The second-order valence-corrected chi connectivity index (χ2v) is 7.16. The molecule has 116 valence electrons. The van der Waals surface area contributed by atoms with Crippen LogP contribution in [-0.4, -0.2) is 12.5 Å². The van der Waals surface area contributed by atoms with Gasteiger partial charge in [0.1, 0.15) is 0 Å². The smallest absolute Gasteiger partial charge is 0.224 e. The molecule has 0 atom stereocenters. The van der Waals surface area contributed by atoms with Crippen molar-refractivity contribution in [3.05, 3.63) is 70.4 Å². The minimum atomic E-state index is 0.114. The summed E-state index contributed by atoms with van der Waals surface area (Å²) in [5.74, 6) is 0.114. The Kier molecular flexibility index (Phi) is 3.66. The summed E-state index contributed by atoms with van der Waals surface area (Å²) in [5.41, 5.74) is 2.68. The van der Waals surface area contributed by atoms with Gasteiger partial charge in [-0.2, -0.15) is 11.3 Å². The molecule has 1 heterocycles. The van der Waals surface area contributed by atoms with E-state index in [1.165, 1.54) is 29.2 Å². The standard InChI is InChI=1S/C20H19NOS/c22-19(21-14-20(9-10-20)17-8-11-23-13-17)12-16-6-3-5-15-4-1-2-7-18(15)16/h1-8,11,13H,9-10,12,14H2,(H,21,22). The molecule has 3 aromatic rings. The molecule has 1 aliphatic rings. The molecule has 23 heavy (non-hydrogen) atoms. The maximum Gasteiger partial charge on any atom is 0.224 e. The van der Waals surface area contributed by atoms with Crippen LogP contribution in [0.15, 0.2) is 59.3 Å². The number of carbonyl (C=O) groups is 1. The lowest BCUT2D eigenvalue weighted by atomic mass is 9.98. The van der Waals surface area contributed by atoms with Gasteiger partial charge in [0.25, 0.3) is 0 Å². The molecule has 0 saturated heterocycles. The van der Waals surface area contributed by atoms with E-state index in [1.54, 1.807) is 11.3 Å². The molecule has 0 unspecified atom stereocenters. The molecule has 1 saturated carbocycles. The van der Waals surface area contributed by atoms with Gasteiger partial charge in [0.05, 0.1) is 6.42 Å². The summed E-state index contributed by atoms with van der Waals surface area (Å²) in [6.07, 6.45) is 2.80. The van der Waals surface area contributed by atoms with E-state index < -0.39 is 0 Å². The van der Waals surface area contributed by atoms with Crippen molar-refractivity contribution in [2.24, 2.45) is 0 Å².